The van der Waals surface area contributed by atoms with Crippen molar-refractivity contribution < 1.29 is 14.3 Å². The van der Waals surface area contributed by atoms with Crippen molar-refractivity contribution in [3.05, 3.63) is 28.5 Å². The molecule has 0 fully saturated rings. The minimum Gasteiger partial charge on any atom is -0.394 e. The number of amides is 2. The van der Waals surface area contributed by atoms with Gasteiger partial charge in [-0.3, -0.25) is 0 Å². The summed E-state index contributed by atoms with van der Waals surface area (Å²) in [7, 11) is 0. The number of carbonyl (C=O) groups is 1. The van der Waals surface area contributed by atoms with Crippen molar-refractivity contribution in [2.45, 2.75) is 19.4 Å². The minimum atomic E-state index is -0.757. The fourth-order valence-corrected chi connectivity index (χ4v) is 1.45. The summed E-state index contributed by atoms with van der Waals surface area (Å²) < 4.78 is 14.0. The van der Waals surface area contributed by atoms with E-state index in [2.05, 4.69) is 26.6 Å². The third-order valence-electron chi connectivity index (χ3n) is 2.02. The van der Waals surface area contributed by atoms with E-state index in [0.717, 1.165) is 0 Å². The molecule has 0 aliphatic carbocycles. The summed E-state index contributed by atoms with van der Waals surface area (Å²) in [4.78, 5) is 11.5. The van der Waals surface area contributed by atoms with Crippen LogP contribution >= 0.6 is 15.9 Å². The lowest BCUT2D eigenvalue weighted by Gasteiger charge is -2.23. The van der Waals surface area contributed by atoms with Gasteiger partial charge in [-0.15, -0.1) is 0 Å². The van der Waals surface area contributed by atoms with Crippen LogP contribution in [0.3, 0.4) is 0 Å². The molecular weight excluding hydrogens is 291 g/mol. The lowest BCUT2D eigenvalue weighted by atomic mass is 10.1. The SMILES string of the molecule is CC(C)(CO)NC(=O)Nc1cc(Br)ccc1F. The molecule has 94 valence electrons. The first-order chi connectivity index (χ1) is 7.84. The van der Waals surface area contributed by atoms with Gasteiger partial charge in [0.2, 0.25) is 0 Å². The van der Waals surface area contributed by atoms with Gasteiger partial charge in [0.25, 0.3) is 0 Å². The van der Waals surface area contributed by atoms with Gasteiger partial charge in [-0.05, 0) is 32.0 Å². The first-order valence-electron chi connectivity index (χ1n) is 4.99. The van der Waals surface area contributed by atoms with Crippen LogP contribution in [-0.2, 0) is 0 Å². The molecule has 0 spiro atoms. The molecule has 1 aromatic carbocycles. The van der Waals surface area contributed by atoms with Gasteiger partial charge in [-0.25, -0.2) is 9.18 Å². The Balaban J connectivity index is 2.71. The molecular formula is C11H14BrFN2O2. The van der Waals surface area contributed by atoms with Gasteiger partial charge in [-0.2, -0.15) is 0 Å². The number of aliphatic hydroxyl groups excluding tert-OH is 1. The zero-order valence-electron chi connectivity index (χ0n) is 9.55. The van der Waals surface area contributed by atoms with Crippen LogP contribution in [0.1, 0.15) is 13.8 Å². The van der Waals surface area contributed by atoms with Crippen molar-refractivity contribution in [1.82, 2.24) is 5.32 Å². The topological polar surface area (TPSA) is 61.4 Å². The molecule has 0 saturated carbocycles. The fourth-order valence-electron chi connectivity index (χ4n) is 1.09. The first kappa shape index (κ1) is 13.9. The molecule has 0 saturated heterocycles. The van der Waals surface area contributed by atoms with Gasteiger partial charge in [0.15, 0.2) is 0 Å². The van der Waals surface area contributed by atoms with Crippen molar-refractivity contribution in [3.8, 4) is 0 Å². The lowest BCUT2D eigenvalue weighted by Crippen LogP contribution is -2.48. The fraction of sp³-hybridized carbons (Fsp3) is 0.364. The predicted octanol–water partition coefficient (Wildman–Crippen LogP) is 2.48. The standard InChI is InChI=1S/C11H14BrFN2O2/c1-11(2,6-16)15-10(17)14-9-5-7(12)3-4-8(9)13/h3-5,16H,6H2,1-2H3,(H2,14,15,17). The van der Waals surface area contributed by atoms with E-state index in [1.165, 1.54) is 18.2 Å². The molecule has 0 aliphatic rings. The molecule has 1 aromatic rings. The van der Waals surface area contributed by atoms with Crippen LogP contribution in [0.4, 0.5) is 14.9 Å². The molecule has 0 aliphatic heterocycles. The van der Waals surface area contributed by atoms with Gasteiger partial charge in [0.1, 0.15) is 5.82 Å². The highest BCUT2D eigenvalue weighted by Gasteiger charge is 2.19. The second kappa shape index (κ2) is 5.46. The van der Waals surface area contributed by atoms with E-state index in [4.69, 9.17) is 5.11 Å². The van der Waals surface area contributed by atoms with Crippen molar-refractivity contribution in [2.75, 3.05) is 11.9 Å². The maximum Gasteiger partial charge on any atom is 0.319 e. The molecule has 1 rings (SSSR count). The minimum absolute atomic E-state index is 0.0746. The van der Waals surface area contributed by atoms with Gasteiger partial charge in [0.05, 0.1) is 17.8 Å². The molecule has 3 N–H and O–H groups in total. The third-order valence-corrected chi connectivity index (χ3v) is 2.52. The highest BCUT2D eigenvalue weighted by atomic mass is 79.9. The lowest BCUT2D eigenvalue weighted by molar-refractivity contribution is 0.187. The zero-order chi connectivity index (χ0) is 13.1. The highest BCUT2D eigenvalue weighted by molar-refractivity contribution is 9.10. The number of carbonyl (C=O) groups excluding carboxylic acids is 1. The molecule has 0 atom stereocenters. The second-order valence-electron chi connectivity index (χ2n) is 4.25. The summed E-state index contributed by atoms with van der Waals surface area (Å²) in [5.74, 6) is -0.523. The predicted molar refractivity (Wildman–Crippen MR) is 67.4 cm³/mol. The first-order valence-corrected chi connectivity index (χ1v) is 5.78. The Kier molecular flexibility index (Phi) is 4.47. The number of hydrogen-bond acceptors (Lipinski definition) is 2. The molecule has 0 bridgehead atoms. The van der Waals surface area contributed by atoms with Gasteiger partial charge in [-0.1, -0.05) is 15.9 Å². The third kappa shape index (κ3) is 4.32. The molecule has 0 heterocycles. The highest BCUT2D eigenvalue weighted by Crippen LogP contribution is 2.19. The molecule has 2 amide bonds. The number of hydrogen-bond donors (Lipinski definition) is 3. The van der Waals surface area contributed by atoms with E-state index in [1.807, 2.05) is 0 Å². The van der Waals surface area contributed by atoms with Crippen LogP contribution in [0.5, 0.6) is 0 Å². The normalized spacial score (nSPS) is 11.1. The molecule has 6 heteroatoms. The Bertz CT molecular complexity index is 424. The van der Waals surface area contributed by atoms with E-state index >= 15 is 0 Å². The number of nitrogens with one attached hydrogen (secondary N) is 2. The monoisotopic (exact) mass is 304 g/mol. The van der Waals surface area contributed by atoms with E-state index in [1.54, 1.807) is 13.8 Å². The van der Waals surface area contributed by atoms with Crippen LogP contribution in [0, 0.1) is 5.82 Å². The van der Waals surface area contributed by atoms with Gasteiger partial charge >= 0.3 is 6.03 Å². The maximum atomic E-state index is 13.3. The van der Waals surface area contributed by atoms with Crippen LogP contribution in [0.2, 0.25) is 0 Å². The van der Waals surface area contributed by atoms with Crippen molar-refractivity contribution in [3.63, 3.8) is 0 Å². The summed E-state index contributed by atoms with van der Waals surface area (Å²) >= 11 is 3.18. The summed E-state index contributed by atoms with van der Waals surface area (Å²) in [5, 5.41) is 13.9. The Morgan fingerprint density at radius 3 is 2.76 bits per heavy atom. The Morgan fingerprint density at radius 2 is 2.18 bits per heavy atom. The second-order valence-corrected chi connectivity index (χ2v) is 5.16. The van der Waals surface area contributed by atoms with Crippen molar-refractivity contribution in [1.29, 1.82) is 0 Å². The van der Waals surface area contributed by atoms with Gasteiger partial charge < -0.3 is 15.7 Å². The average molecular weight is 305 g/mol. The van der Waals surface area contributed by atoms with E-state index in [0.29, 0.717) is 4.47 Å². The number of urea groups is 1. The number of benzene rings is 1. The largest absolute Gasteiger partial charge is 0.394 e. The van der Waals surface area contributed by atoms with E-state index in [9.17, 15) is 9.18 Å². The summed E-state index contributed by atoms with van der Waals surface area (Å²) in [6.45, 7) is 3.11. The average Bonchev–Trinajstić information content (AvgIpc) is 2.23. The Hall–Kier alpha value is -1.14. The summed E-state index contributed by atoms with van der Waals surface area (Å²) in [6.07, 6.45) is 0. The van der Waals surface area contributed by atoms with Crippen LogP contribution in [0.15, 0.2) is 22.7 Å². The molecule has 17 heavy (non-hydrogen) atoms. The summed E-state index contributed by atoms with van der Waals surface area (Å²) in [6, 6.07) is 3.68. The summed E-state index contributed by atoms with van der Waals surface area (Å²) in [5.41, 5.74) is -0.683. The molecule has 0 aromatic heterocycles. The van der Waals surface area contributed by atoms with Crippen LogP contribution < -0.4 is 10.6 Å². The van der Waals surface area contributed by atoms with E-state index in [-0.39, 0.29) is 12.3 Å². The Morgan fingerprint density at radius 1 is 1.53 bits per heavy atom. The van der Waals surface area contributed by atoms with Crippen molar-refractivity contribution >= 4 is 27.6 Å². The molecule has 4 nitrogen and oxygen atoms in total. The number of rotatable bonds is 3. The number of aliphatic hydroxyl groups is 1. The zero-order valence-corrected chi connectivity index (χ0v) is 11.1. The van der Waals surface area contributed by atoms with Crippen molar-refractivity contribution in [2.24, 2.45) is 0 Å². The quantitative estimate of drug-likeness (QED) is 0.803. The van der Waals surface area contributed by atoms with Gasteiger partial charge in [0, 0.05) is 4.47 Å². The Labute approximate surface area is 107 Å². The van der Waals surface area contributed by atoms with E-state index < -0.39 is 17.4 Å². The number of halogens is 2. The molecule has 0 radical (unpaired) electrons. The molecule has 0 unspecified atom stereocenters. The van der Waals surface area contributed by atoms with Crippen LogP contribution in [-0.4, -0.2) is 23.3 Å². The maximum absolute atomic E-state index is 13.3. The van der Waals surface area contributed by atoms with Crippen LogP contribution in [0.25, 0.3) is 0 Å². The smallest absolute Gasteiger partial charge is 0.319 e. The number of anilines is 1.